The molecule has 0 bridgehead atoms. The zero-order valence-electron chi connectivity index (χ0n) is 12.1. The van der Waals surface area contributed by atoms with E-state index in [-0.39, 0.29) is 12.1 Å². The maximum Gasteiger partial charge on any atom is 0.127 e. The largest absolute Gasteiger partial charge is 0.493 e. The van der Waals surface area contributed by atoms with Crippen molar-refractivity contribution >= 4 is 0 Å². The maximum atomic E-state index is 5.93. The van der Waals surface area contributed by atoms with Crippen molar-refractivity contribution in [2.75, 3.05) is 13.2 Å². The predicted molar refractivity (Wildman–Crippen MR) is 78.5 cm³/mol. The first-order chi connectivity index (χ1) is 9.85. The van der Waals surface area contributed by atoms with Gasteiger partial charge in [0.25, 0.3) is 0 Å². The molecular formula is C16H24N2O2. The van der Waals surface area contributed by atoms with E-state index in [1.807, 2.05) is 0 Å². The Bertz CT molecular complexity index is 464. The summed E-state index contributed by atoms with van der Waals surface area (Å²) in [4.78, 5) is 0. The zero-order chi connectivity index (χ0) is 13.9. The van der Waals surface area contributed by atoms with E-state index in [0.717, 1.165) is 44.6 Å². The van der Waals surface area contributed by atoms with Gasteiger partial charge in [0, 0.05) is 18.1 Å². The lowest BCUT2D eigenvalue weighted by molar-refractivity contribution is 0.0769. The summed E-state index contributed by atoms with van der Waals surface area (Å²) in [6.07, 6.45) is 4.56. The Morgan fingerprint density at radius 1 is 1.40 bits per heavy atom. The first-order valence-electron chi connectivity index (χ1n) is 7.67. The van der Waals surface area contributed by atoms with E-state index in [0.29, 0.717) is 5.92 Å². The molecule has 2 heterocycles. The summed E-state index contributed by atoms with van der Waals surface area (Å²) in [5.41, 5.74) is 5.51. The van der Waals surface area contributed by atoms with Crippen molar-refractivity contribution in [1.82, 2.24) is 5.43 Å². The summed E-state index contributed by atoms with van der Waals surface area (Å²) < 4.78 is 11.8. The third-order valence-electron chi connectivity index (χ3n) is 4.57. The molecule has 2 aliphatic heterocycles. The number of nitrogens with one attached hydrogen (secondary N) is 1. The van der Waals surface area contributed by atoms with Crippen molar-refractivity contribution in [1.29, 1.82) is 0 Å². The Morgan fingerprint density at radius 2 is 2.30 bits per heavy atom. The van der Waals surface area contributed by atoms with Crippen LogP contribution in [0.4, 0.5) is 0 Å². The molecule has 3 rings (SSSR count). The third-order valence-corrected chi connectivity index (χ3v) is 4.57. The van der Waals surface area contributed by atoms with Gasteiger partial charge in [-0.15, -0.1) is 0 Å². The Hall–Kier alpha value is -1.10. The normalized spacial score (nSPS) is 26.9. The fraction of sp³-hybridized carbons (Fsp3) is 0.625. The quantitative estimate of drug-likeness (QED) is 0.654. The van der Waals surface area contributed by atoms with Gasteiger partial charge in [-0.2, -0.15) is 0 Å². The molecule has 1 fully saturated rings. The van der Waals surface area contributed by atoms with Gasteiger partial charge in [-0.05, 0) is 31.2 Å². The molecule has 0 amide bonds. The van der Waals surface area contributed by atoms with Crippen LogP contribution in [0.25, 0.3) is 0 Å². The highest BCUT2D eigenvalue weighted by Gasteiger charge is 2.36. The van der Waals surface area contributed by atoms with Gasteiger partial charge in [-0.3, -0.25) is 11.3 Å². The lowest BCUT2D eigenvalue weighted by atomic mass is 9.85. The molecular weight excluding hydrogens is 252 g/mol. The van der Waals surface area contributed by atoms with Gasteiger partial charge in [-0.25, -0.2) is 0 Å². The van der Waals surface area contributed by atoms with Crippen LogP contribution in [0.2, 0.25) is 0 Å². The van der Waals surface area contributed by atoms with Gasteiger partial charge in [0.2, 0.25) is 0 Å². The molecule has 0 aromatic heterocycles. The molecule has 2 aliphatic rings. The molecule has 0 aliphatic carbocycles. The minimum absolute atomic E-state index is 0.107. The molecule has 110 valence electrons. The van der Waals surface area contributed by atoms with Crippen LogP contribution in [0.5, 0.6) is 5.75 Å². The standard InChI is InChI=1S/C16H24N2O2/c1-2-14-12(8-10-19-14)15(18-17)13-7-3-5-11-6-4-9-20-16(11)13/h3,5,7,12,14-15,18H,2,4,6,8-10,17H2,1H3. The van der Waals surface area contributed by atoms with E-state index >= 15 is 0 Å². The number of hydrogen-bond acceptors (Lipinski definition) is 4. The summed E-state index contributed by atoms with van der Waals surface area (Å²) in [6.45, 7) is 3.81. The van der Waals surface area contributed by atoms with E-state index in [2.05, 4.69) is 30.5 Å². The molecule has 4 heteroatoms. The fourth-order valence-electron chi connectivity index (χ4n) is 3.57. The highest BCUT2D eigenvalue weighted by Crippen LogP contribution is 2.40. The smallest absolute Gasteiger partial charge is 0.127 e. The number of aryl methyl sites for hydroxylation is 1. The van der Waals surface area contributed by atoms with Crippen LogP contribution in [0, 0.1) is 5.92 Å². The van der Waals surface area contributed by atoms with Crippen LogP contribution < -0.4 is 16.0 Å². The van der Waals surface area contributed by atoms with Crippen molar-refractivity contribution in [3.63, 3.8) is 0 Å². The SMILES string of the molecule is CCC1OCCC1C(NN)c1cccc2c1OCCC2. The lowest BCUT2D eigenvalue weighted by Crippen LogP contribution is -2.37. The van der Waals surface area contributed by atoms with Crippen molar-refractivity contribution in [2.24, 2.45) is 11.8 Å². The monoisotopic (exact) mass is 276 g/mol. The van der Waals surface area contributed by atoms with Crippen LogP contribution in [-0.4, -0.2) is 19.3 Å². The molecule has 3 atom stereocenters. The number of ether oxygens (including phenoxy) is 2. The molecule has 1 aromatic carbocycles. The fourth-order valence-corrected chi connectivity index (χ4v) is 3.57. The molecule has 3 N–H and O–H groups in total. The first kappa shape index (κ1) is 13.9. The van der Waals surface area contributed by atoms with E-state index < -0.39 is 0 Å². The number of hydrogen-bond donors (Lipinski definition) is 2. The van der Waals surface area contributed by atoms with Gasteiger partial charge in [0.15, 0.2) is 0 Å². The molecule has 20 heavy (non-hydrogen) atoms. The van der Waals surface area contributed by atoms with E-state index in [1.54, 1.807) is 0 Å². The second-order valence-electron chi connectivity index (χ2n) is 5.70. The topological polar surface area (TPSA) is 56.5 Å². The van der Waals surface area contributed by atoms with Crippen molar-refractivity contribution in [3.05, 3.63) is 29.3 Å². The molecule has 0 radical (unpaired) electrons. The van der Waals surface area contributed by atoms with Crippen LogP contribution in [-0.2, 0) is 11.2 Å². The van der Waals surface area contributed by atoms with Crippen LogP contribution in [0.3, 0.4) is 0 Å². The number of nitrogens with two attached hydrogens (primary N) is 1. The molecule has 1 saturated heterocycles. The van der Waals surface area contributed by atoms with Gasteiger partial charge in [0.1, 0.15) is 5.75 Å². The minimum Gasteiger partial charge on any atom is -0.493 e. The highest BCUT2D eigenvalue weighted by atomic mass is 16.5. The maximum absolute atomic E-state index is 5.93. The van der Waals surface area contributed by atoms with Crippen LogP contribution >= 0.6 is 0 Å². The Morgan fingerprint density at radius 3 is 3.10 bits per heavy atom. The summed E-state index contributed by atoms with van der Waals surface area (Å²) in [6, 6.07) is 6.52. The summed E-state index contributed by atoms with van der Waals surface area (Å²) >= 11 is 0. The van der Waals surface area contributed by atoms with Gasteiger partial charge >= 0.3 is 0 Å². The minimum atomic E-state index is 0.107. The number of para-hydroxylation sites is 1. The summed E-state index contributed by atoms with van der Waals surface area (Å²) in [7, 11) is 0. The Labute approximate surface area is 120 Å². The third kappa shape index (κ3) is 2.43. The molecule has 0 saturated carbocycles. The summed E-state index contributed by atoms with van der Waals surface area (Å²) in [5.74, 6) is 7.34. The average molecular weight is 276 g/mol. The first-order valence-corrected chi connectivity index (χ1v) is 7.67. The van der Waals surface area contributed by atoms with Crippen molar-refractivity contribution in [2.45, 2.75) is 44.8 Å². The number of benzene rings is 1. The molecule has 1 aromatic rings. The average Bonchev–Trinajstić information content (AvgIpc) is 2.97. The van der Waals surface area contributed by atoms with Crippen LogP contribution in [0.1, 0.15) is 43.4 Å². The van der Waals surface area contributed by atoms with Crippen LogP contribution in [0.15, 0.2) is 18.2 Å². The highest BCUT2D eigenvalue weighted by molar-refractivity contribution is 5.44. The van der Waals surface area contributed by atoms with E-state index in [9.17, 15) is 0 Å². The second-order valence-corrected chi connectivity index (χ2v) is 5.70. The number of rotatable bonds is 4. The van der Waals surface area contributed by atoms with E-state index in [4.69, 9.17) is 15.3 Å². The zero-order valence-corrected chi connectivity index (χ0v) is 12.1. The number of fused-ring (bicyclic) bond motifs is 1. The van der Waals surface area contributed by atoms with E-state index in [1.165, 1.54) is 11.1 Å². The molecule has 0 spiro atoms. The van der Waals surface area contributed by atoms with Crippen molar-refractivity contribution in [3.8, 4) is 5.75 Å². The van der Waals surface area contributed by atoms with Gasteiger partial charge in [-0.1, -0.05) is 25.1 Å². The number of hydrazine groups is 1. The van der Waals surface area contributed by atoms with Gasteiger partial charge < -0.3 is 9.47 Å². The second kappa shape index (κ2) is 6.12. The Kier molecular flexibility index (Phi) is 4.24. The molecule has 3 unspecified atom stereocenters. The van der Waals surface area contributed by atoms with Crippen molar-refractivity contribution < 1.29 is 9.47 Å². The van der Waals surface area contributed by atoms with Gasteiger partial charge in [0.05, 0.1) is 18.8 Å². The molecule has 4 nitrogen and oxygen atoms in total. The lowest BCUT2D eigenvalue weighted by Gasteiger charge is -2.30. The summed E-state index contributed by atoms with van der Waals surface area (Å²) in [5, 5.41) is 0. The Balaban J connectivity index is 1.93. The predicted octanol–water partition coefficient (Wildman–Crippen LogP) is 2.33.